The molecule has 2 fully saturated rings. The van der Waals surface area contributed by atoms with Gasteiger partial charge in [-0.05, 0) is 63.5 Å². The molecular formula is C21H33FN4O. The number of rotatable bonds is 7. The van der Waals surface area contributed by atoms with Crippen molar-refractivity contribution in [1.29, 1.82) is 0 Å². The number of carbonyl (C=O) groups is 1. The summed E-state index contributed by atoms with van der Waals surface area (Å²) in [5.41, 5.74) is 1.91. The fourth-order valence-corrected chi connectivity index (χ4v) is 4.15. The number of hydrogen-bond acceptors (Lipinski definition) is 4. The van der Waals surface area contributed by atoms with Crippen molar-refractivity contribution in [2.45, 2.75) is 39.2 Å². The maximum Gasteiger partial charge on any atom is 0.220 e. The lowest BCUT2D eigenvalue weighted by atomic mass is 10.0. The number of amides is 1. The Kier molecular flexibility index (Phi) is 7.07. The molecule has 0 radical (unpaired) electrons. The fraction of sp³-hybridized carbons (Fsp3) is 0.667. The molecule has 3 rings (SSSR count). The molecule has 2 aliphatic heterocycles. The second-order valence-corrected chi connectivity index (χ2v) is 7.81. The molecule has 0 bridgehead atoms. The molecule has 0 spiro atoms. The van der Waals surface area contributed by atoms with Crippen LogP contribution in [0.4, 0.5) is 10.1 Å². The topological polar surface area (TPSA) is 47.6 Å². The van der Waals surface area contributed by atoms with Crippen LogP contribution in [-0.2, 0) is 4.79 Å². The summed E-state index contributed by atoms with van der Waals surface area (Å²) in [5, 5.41) is 6.42. The summed E-state index contributed by atoms with van der Waals surface area (Å²) in [6, 6.07) is 4.76. The van der Waals surface area contributed by atoms with Crippen molar-refractivity contribution in [2.24, 2.45) is 5.92 Å². The van der Waals surface area contributed by atoms with Crippen LogP contribution >= 0.6 is 0 Å². The molecule has 27 heavy (non-hydrogen) atoms. The Labute approximate surface area is 162 Å². The van der Waals surface area contributed by atoms with Crippen molar-refractivity contribution in [2.75, 3.05) is 50.7 Å². The normalized spacial score (nSPS) is 22.0. The summed E-state index contributed by atoms with van der Waals surface area (Å²) in [6.07, 6.45) is 2.61. The second kappa shape index (κ2) is 9.51. The third kappa shape index (κ3) is 5.42. The largest absolute Gasteiger partial charge is 0.369 e. The van der Waals surface area contributed by atoms with Crippen LogP contribution in [0.25, 0.3) is 0 Å². The summed E-state index contributed by atoms with van der Waals surface area (Å²) in [6.45, 7) is 11.2. The first-order valence-electron chi connectivity index (χ1n) is 10.3. The Hall–Kier alpha value is -1.66. The summed E-state index contributed by atoms with van der Waals surface area (Å²) in [7, 11) is 0. The molecule has 0 aromatic heterocycles. The van der Waals surface area contributed by atoms with Gasteiger partial charge in [-0.25, -0.2) is 4.39 Å². The predicted molar refractivity (Wildman–Crippen MR) is 107 cm³/mol. The van der Waals surface area contributed by atoms with Crippen molar-refractivity contribution in [3.63, 3.8) is 0 Å². The highest BCUT2D eigenvalue weighted by Crippen LogP contribution is 2.28. The second-order valence-electron chi connectivity index (χ2n) is 7.81. The highest BCUT2D eigenvalue weighted by Gasteiger charge is 2.22. The highest BCUT2D eigenvalue weighted by molar-refractivity contribution is 5.76. The third-order valence-corrected chi connectivity index (χ3v) is 5.94. The molecule has 2 heterocycles. The van der Waals surface area contributed by atoms with E-state index in [9.17, 15) is 9.18 Å². The first-order valence-corrected chi connectivity index (χ1v) is 10.3. The van der Waals surface area contributed by atoms with Crippen LogP contribution in [0.3, 0.4) is 0 Å². The van der Waals surface area contributed by atoms with Crippen molar-refractivity contribution in [1.82, 2.24) is 15.5 Å². The van der Waals surface area contributed by atoms with Crippen LogP contribution in [-0.4, -0.2) is 56.6 Å². The van der Waals surface area contributed by atoms with E-state index >= 15 is 0 Å². The number of hydrogen-bond donors (Lipinski definition) is 2. The standard InChI is InChI=1S/C21H33FN4O/c1-3-25-10-12-26(13-11-25)20-6-5-18(22)14-19(20)16(2)24-21(27)7-4-17-8-9-23-15-17/h5-6,14,16-17,23H,3-4,7-13,15H2,1-2H3,(H,24,27). The summed E-state index contributed by atoms with van der Waals surface area (Å²) < 4.78 is 13.9. The molecule has 2 unspecified atom stereocenters. The molecule has 1 aromatic carbocycles. The van der Waals surface area contributed by atoms with Crippen LogP contribution < -0.4 is 15.5 Å². The number of anilines is 1. The van der Waals surface area contributed by atoms with E-state index in [0.717, 1.165) is 69.9 Å². The monoisotopic (exact) mass is 376 g/mol. The van der Waals surface area contributed by atoms with Gasteiger partial charge in [0.05, 0.1) is 6.04 Å². The van der Waals surface area contributed by atoms with Crippen LogP contribution in [0.15, 0.2) is 18.2 Å². The summed E-state index contributed by atoms with van der Waals surface area (Å²) in [4.78, 5) is 17.1. The average Bonchev–Trinajstić information content (AvgIpc) is 3.20. The Morgan fingerprint density at radius 1 is 1.33 bits per heavy atom. The number of nitrogens with one attached hydrogen (secondary N) is 2. The van der Waals surface area contributed by atoms with E-state index in [1.165, 1.54) is 6.07 Å². The van der Waals surface area contributed by atoms with Gasteiger partial charge < -0.3 is 20.4 Å². The lowest BCUT2D eigenvalue weighted by Crippen LogP contribution is -2.46. The third-order valence-electron chi connectivity index (χ3n) is 5.94. The number of likely N-dealkylation sites (N-methyl/N-ethyl adjacent to an activating group) is 1. The lowest BCUT2D eigenvalue weighted by molar-refractivity contribution is -0.122. The zero-order chi connectivity index (χ0) is 19.2. The van der Waals surface area contributed by atoms with E-state index in [4.69, 9.17) is 0 Å². The maximum atomic E-state index is 13.9. The molecule has 5 nitrogen and oxygen atoms in total. The fourth-order valence-electron chi connectivity index (χ4n) is 4.15. The van der Waals surface area contributed by atoms with Crippen molar-refractivity contribution in [3.8, 4) is 0 Å². The maximum absolute atomic E-state index is 13.9. The Morgan fingerprint density at radius 3 is 2.78 bits per heavy atom. The number of carbonyl (C=O) groups excluding carboxylic acids is 1. The first-order chi connectivity index (χ1) is 13.1. The molecule has 6 heteroatoms. The molecule has 1 amide bonds. The lowest BCUT2D eigenvalue weighted by Gasteiger charge is -2.37. The van der Waals surface area contributed by atoms with Crippen LogP contribution in [0.1, 0.15) is 44.7 Å². The van der Waals surface area contributed by atoms with E-state index in [1.807, 2.05) is 13.0 Å². The molecule has 0 saturated carbocycles. The van der Waals surface area contributed by atoms with Crippen LogP contribution in [0, 0.1) is 11.7 Å². The molecule has 0 aliphatic carbocycles. The van der Waals surface area contributed by atoms with Crippen molar-refractivity contribution in [3.05, 3.63) is 29.6 Å². The van der Waals surface area contributed by atoms with E-state index < -0.39 is 0 Å². The zero-order valence-corrected chi connectivity index (χ0v) is 16.6. The van der Waals surface area contributed by atoms with Gasteiger partial charge in [0.1, 0.15) is 5.82 Å². The Morgan fingerprint density at radius 2 is 2.11 bits per heavy atom. The van der Waals surface area contributed by atoms with Gasteiger partial charge in [-0.1, -0.05) is 6.92 Å². The van der Waals surface area contributed by atoms with Gasteiger partial charge in [0.15, 0.2) is 0 Å². The van der Waals surface area contributed by atoms with E-state index in [2.05, 4.69) is 27.4 Å². The van der Waals surface area contributed by atoms with Gasteiger partial charge in [-0.3, -0.25) is 4.79 Å². The number of halogens is 1. The molecule has 2 N–H and O–H groups in total. The molecule has 2 saturated heterocycles. The average molecular weight is 377 g/mol. The minimum Gasteiger partial charge on any atom is -0.369 e. The van der Waals surface area contributed by atoms with Crippen LogP contribution in [0.2, 0.25) is 0 Å². The Bertz CT molecular complexity index is 625. The molecule has 2 atom stereocenters. The van der Waals surface area contributed by atoms with E-state index in [0.29, 0.717) is 12.3 Å². The van der Waals surface area contributed by atoms with Crippen molar-refractivity contribution < 1.29 is 9.18 Å². The quantitative estimate of drug-likeness (QED) is 0.768. The number of benzene rings is 1. The first kappa shape index (κ1) is 20.1. The number of nitrogens with zero attached hydrogens (tertiary/aromatic N) is 2. The smallest absolute Gasteiger partial charge is 0.220 e. The van der Waals surface area contributed by atoms with Gasteiger partial charge in [-0.15, -0.1) is 0 Å². The van der Waals surface area contributed by atoms with Crippen LogP contribution in [0.5, 0.6) is 0 Å². The van der Waals surface area contributed by atoms with Gasteiger partial charge in [0, 0.05) is 43.9 Å². The van der Waals surface area contributed by atoms with E-state index in [-0.39, 0.29) is 17.8 Å². The Balaban J connectivity index is 1.62. The highest BCUT2D eigenvalue weighted by atomic mass is 19.1. The molecule has 1 aromatic rings. The molecular weight excluding hydrogens is 343 g/mol. The number of piperazine rings is 1. The van der Waals surface area contributed by atoms with Gasteiger partial charge >= 0.3 is 0 Å². The van der Waals surface area contributed by atoms with Crippen molar-refractivity contribution >= 4 is 11.6 Å². The minimum absolute atomic E-state index is 0.0559. The zero-order valence-electron chi connectivity index (χ0n) is 16.6. The molecule has 150 valence electrons. The van der Waals surface area contributed by atoms with E-state index in [1.54, 1.807) is 6.07 Å². The SMILES string of the molecule is CCN1CCN(c2ccc(F)cc2C(C)NC(=O)CCC2CCNC2)CC1. The van der Waals surface area contributed by atoms with Gasteiger partial charge in [-0.2, -0.15) is 0 Å². The summed E-state index contributed by atoms with van der Waals surface area (Å²) >= 11 is 0. The minimum atomic E-state index is -0.251. The van der Waals surface area contributed by atoms with Gasteiger partial charge in [0.2, 0.25) is 5.91 Å². The predicted octanol–water partition coefficient (Wildman–Crippen LogP) is 2.53. The summed E-state index contributed by atoms with van der Waals surface area (Å²) in [5.74, 6) is 0.408. The molecule has 2 aliphatic rings. The van der Waals surface area contributed by atoms with Gasteiger partial charge in [0.25, 0.3) is 0 Å².